The molecule has 0 unspecified atom stereocenters. The molecule has 1 saturated carbocycles. The summed E-state index contributed by atoms with van der Waals surface area (Å²) < 4.78 is 0.746. The third-order valence-corrected chi connectivity index (χ3v) is 6.37. The van der Waals surface area contributed by atoms with Crippen molar-refractivity contribution in [3.63, 3.8) is 0 Å². The van der Waals surface area contributed by atoms with Crippen LogP contribution in [0.25, 0.3) is 9.88 Å². The SMILES string of the molecule is CCN(C(=O)c1csc(-c2ccc(Cl)s2)n1)C1CCCCC1. The van der Waals surface area contributed by atoms with Crippen LogP contribution in [0.3, 0.4) is 0 Å². The fourth-order valence-electron chi connectivity index (χ4n) is 3.02. The van der Waals surface area contributed by atoms with Gasteiger partial charge in [-0.3, -0.25) is 4.79 Å². The lowest BCUT2D eigenvalue weighted by Crippen LogP contribution is -2.41. The van der Waals surface area contributed by atoms with Gasteiger partial charge in [0.2, 0.25) is 0 Å². The number of halogens is 1. The predicted octanol–water partition coefficient (Wildman–Crippen LogP) is 5.32. The first-order chi connectivity index (χ1) is 10.7. The number of amides is 1. The lowest BCUT2D eigenvalue weighted by Gasteiger charge is -2.33. The third-order valence-electron chi connectivity index (χ3n) is 4.12. The van der Waals surface area contributed by atoms with Crippen LogP contribution in [0.1, 0.15) is 49.5 Å². The van der Waals surface area contributed by atoms with Gasteiger partial charge in [-0.05, 0) is 31.9 Å². The Hall–Kier alpha value is -0.910. The minimum Gasteiger partial charge on any atom is -0.335 e. The van der Waals surface area contributed by atoms with E-state index in [1.807, 2.05) is 22.4 Å². The molecule has 0 N–H and O–H groups in total. The molecule has 22 heavy (non-hydrogen) atoms. The highest BCUT2D eigenvalue weighted by molar-refractivity contribution is 7.23. The van der Waals surface area contributed by atoms with Crippen LogP contribution in [0.4, 0.5) is 0 Å². The third kappa shape index (κ3) is 3.36. The van der Waals surface area contributed by atoms with Gasteiger partial charge in [0.05, 0.1) is 9.21 Å². The van der Waals surface area contributed by atoms with Gasteiger partial charge in [-0.2, -0.15) is 0 Å². The maximum Gasteiger partial charge on any atom is 0.273 e. The topological polar surface area (TPSA) is 33.2 Å². The van der Waals surface area contributed by atoms with Crippen molar-refractivity contribution in [2.24, 2.45) is 0 Å². The highest BCUT2D eigenvalue weighted by atomic mass is 35.5. The number of carbonyl (C=O) groups is 1. The van der Waals surface area contributed by atoms with Crippen molar-refractivity contribution >= 4 is 40.2 Å². The molecule has 0 atom stereocenters. The molecule has 118 valence electrons. The van der Waals surface area contributed by atoms with E-state index in [0.29, 0.717) is 11.7 Å². The fourth-order valence-corrected chi connectivity index (χ4v) is 4.93. The number of nitrogens with zero attached hydrogens (tertiary/aromatic N) is 2. The number of rotatable bonds is 4. The Morgan fingerprint density at radius 1 is 1.36 bits per heavy atom. The van der Waals surface area contributed by atoms with Crippen molar-refractivity contribution in [3.8, 4) is 9.88 Å². The molecule has 3 nitrogen and oxygen atoms in total. The van der Waals surface area contributed by atoms with Gasteiger partial charge in [0.25, 0.3) is 5.91 Å². The van der Waals surface area contributed by atoms with Gasteiger partial charge in [0, 0.05) is 18.0 Å². The van der Waals surface area contributed by atoms with E-state index in [1.165, 1.54) is 41.9 Å². The van der Waals surface area contributed by atoms with Crippen molar-refractivity contribution in [1.82, 2.24) is 9.88 Å². The number of hydrogen-bond acceptors (Lipinski definition) is 4. The number of thiazole rings is 1. The van der Waals surface area contributed by atoms with E-state index < -0.39 is 0 Å². The lowest BCUT2D eigenvalue weighted by atomic mass is 9.94. The highest BCUT2D eigenvalue weighted by Gasteiger charge is 2.26. The van der Waals surface area contributed by atoms with Crippen LogP contribution in [0, 0.1) is 0 Å². The Labute approximate surface area is 143 Å². The van der Waals surface area contributed by atoms with Gasteiger partial charge < -0.3 is 4.90 Å². The second-order valence-corrected chi connectivity index (χ2v) is 8.10. The average molecular weight is 355 g/mol. The Balaban J connectivity index is 1.77. The monoisotopic (exact) mass is 354 g/mol. The van der Waals surface area contributed by atoms with Crippen LogP contribution in [0.5, 0.6) is 0 Å². The van der Waals surface area contributed by atoms with Crippen LogP contribution >= 0.6 is 34.3 Å². The summed E-state index contributed by atoms with van der Waals surface area (Å²) in [7, 11) is 0. The van der Waals surface area contributed by atoms with E-state index in [2.05, 4.69) is 11.9 Å². The zero-order valence-corrected chi connectivity index (χ0v) is 14.9. The van der Waals surface area contributed by atoms with E-state index in [4.69, 9.17) is 11.6 Å². The molecule has 1 amide bonds. The summed E-state index contributed by atoms with van der Waals surface area (Å²) in [5.74, 6) is 0.0690. The van der Waals surface area contributed by atoms with Gasteiger partial charge >= 0.3 is 0 Å². The van der Waals surface area contributed by atoms with E-state index >= 15 is 0 Å². The van der Waals surface area contributed by atoms with Crippen LogP contribution < -0.4 is 0 Å². The second kappa shape index (κ2) is 7.11. The molecule has 2 aromatic heterocycles. The minimum absolute atomic E-state index is 0.0690. The van der Waals surface area contributed by atoms with Gasteiger partial charge in [-0.25, -0.2) is 4.98 Å². The molecular weight excluding hydrogens is 336 g/mol. The summed E-state index contributed by atoms with van der Waals surface area (Å²) in [5, 5.41) is 2.75. The first-order valence-electron chi connectivity index (χ1n) is 7.71. The van der Waals surface area contributed by atoms with E-state index in [0.717, 1.165) is 33.6 Å². The zero-order chi connectivity index (χ0) is 15.5. The molecule has 1 aliphatic rings. The molecular formula is C16H19ClN2OS2. The number of carbonyl (C=O) groups excluding carboxylic acids is 1. The molecule has 6 heteroatoms. The molecule has 0 aromatic carbocycles. The Morgan fingerprint density at radius 2 is 2.14 bits per heavy atom. The van der Waals surface area contributed by atoms with Crippen molar-refractivity contribution in [1.29, 1.82) is 0 Å². The first kappa shape index (κ1) is 16.0. The standard InChI is InChI=1S/C16H19ClN2OS2/c1-2-19(11-6-4-3-5-7-11)16(20)12-10-21-15(18-12)13-8-9-14(17)22-13/h8-11H,2-7H2,1H3. The summed E-state index contributed by atoms with van der Waals surface area (Å²) in [5.41, 5.74) is 0.567. The van der Waals surface area contributed by atoms with Gasteiger partial charge in [-0.15, -0.1) is 22.7 Å². The van der Waals surface area contributed by atoms with Gasteiger partial charge in [0.1, 0.15) is 10.7 Å². The number of hydrogen-bond donors (Lipinski definition) is 0. The number of aromatic nitrogens is 1. The Kier molecular flexibility index (Phi) is 5.16. The minimum atomic E-state index is 0.0690. The second-order valence-electron chi connectivity index (χ2n) is 5.52. The highest BCUT2D eigenvalue weighted by Crippen LogP contribution is 2.33. The number of thiophene rings is 1. The molecule has 0 radical (unpaired) electrons. The van der Waals surface area contributed by atoms with Crippen molar-refractivity contribution < 1.29 is 4.79 Å². The normalized spacial score (nSPS) is 15.9. The maximum absolute atomic E-state index is 12.8. The van der Waals surface area contributed by atoms with Crippen LogP contribution in [0.2, 0.25) is 4.34 Å². The molecule has 1 fully saturated rings. The molecule has 1 aliphatic carbocycles. The predicted molar refractivity (Wildman–Crippen MR) is 94.0 cm³/mol. The van der Waals surface area contributed by atoms with Crippen molar-refractivity contribution in [3.05, 3.63) is 27.5 Å². The fraction of sp³-hybridized carbons (Fsp3) is 0.500. The molecule has 3 rings (SSSR count). The smallest absolute Gasteiger partial charge is 0.273 e. The molecule has 0 bridgehead atoms. The quantitative estimate of drug-likeness (QED) is 0.744. The van der Waals surface area contributed by atoms with Crippen LogP contribution in [0.15, 0.2) is 17.5 Å². The van der Waals surface area contributed by atoms with Gasteiger partial charge in [-0.1, -0.05) is 30.9 Å². The zero-order valence-electron chi connectivity index (χ0n) is 12.5. The maximum atomic E-state index is 12.8. The van der Waals surface area contributed by atoms with Crippen LogP contribution in [-0.4, -0.2) is 28.4 Å². The van der Waals surface area contributed by atoms with Crippen molar-refractivity contribution in [2.45, 2.75) is 45.1 Å². The lowest BCUT2D eigenvalue weighted by molar-refractivity contribution is 0.0643. The summed E-state index contributed by atoms with van der Waals surface area (Å²) in [4.78, 5) is 20.3. The van der Waals surface area contributed by atoms with Gasteiger partial charge in [0.15, 0.2) is 0 Å². The molecule has 0 aliphatic heterocycles. The average Bonchev–Trinajstić information content (AvgIpc) is 3.17. The largest absolute Gasteiger partial charge is 0.335 e. The van der Waals surface area contributed by atoms with Crippen LogP contribution in [-0.2, 0) is 0 Å². The molecule has 2 heterocycles. The van der Waals surface area contributed by atoms with E-state index in [9.17, 15) is 4.79 Å². The summed E-state index contributed by atoms with van der Waals surface area (Å²) in [6, 6.07) is 4.21. The van der Waals surface area contributed by atoms with Crippen molar-refractivity contribution in [2.75, 3.05) is 6.54 Å². The Bertz CT molecular complexity index is 646. The first-order valence-corrected chi connectivity index (χ1v) is 9.78. The summed E-state index contributed by atoms with van der Waals surface area (Å²) in [6.45, 7) is 2.81. The summed E-state index contributed by atoms with van der Waals surface area (Å²) in [6.07, 6.45) is 5.99. The van der Waals surface area contributed by atoms with E-state index in [1.54, 1.807) is 0 Å². The Morgan fingerprint density at radius 3 is 2.77 bits per heavy atom. The summed E-state index contributed by atoms with van der Waals surface area (Å²) >= 11 is 8.98. The molecule has 2 aromatic rings. The molecule has 0 saturated heterocycles. The molecule has 0 spiro atoms. The van der Waals surface area contributed by atoms with E-state index in [-0.39, 0.29) is 5.91 Å².